The largest absolute Gasteiger partial charge is 0.330 e. The van der Waals surface area contributed by atoms with Gasteiger partial charge in [0.1, 0.15) is 0 Å². The van der Waals surface area contributed by atoms with Crippen LogP contribution < -0.4 is 5.73 Å². The monoisotopic (exact) mass is 242 g/mol. The van der Waals surface area contributed by atoms with Gasteiger partial charge in [0.25, 0.3) is 0 Å². The van der Waals surface area contributed by atoms with Crippen LogP contribution in [0.15, 0.2) is 12.3 Å². The molecule has 0 aliphatic carbocycles. The fourth-order valence-electron chi connectivity index (χ4n) is 1.30. The molecule has 5 heteroatoms. The molecule has 0 amide bonds. The first kappa shape index (κ1) is 13.2. The second kappa shape index (κ2) is 6.68. The zero-order chi connectivity index (χ0) is 12.0. The number of halogens is 1. The Morgan fingerprint density at radius 3 is 2.94 bits per heavy atom. The standard InChI is InChI=1S/C11H19ClN4/c1-15(2)7-8-16-11(5-3-4-6-13)10(12)9-14-16/h3,5,9H,4,6-8,13H2,1-2H3/b5-3+. The number of hydrogen-bond acceptors (Lipinski definition) is 3. The van der Waals surface area contributed by atoms with Crippen molar-refractivity contribution in [2.45, 2.75) is 13.0 Å². The third kappa shape index (κ3) is 3.96. The van der Waals surface area contributed by atoms with Gasteiger partial charge in [0, 0.05) is 6.54 Å². The van der Waals surface area contributed by atoms with E-state index in [9.17, 15) is 0 Å². The highest BCUT2D eigenvalue weighted by Crippen LogP contribution is 2.16. The van der Waals surface area contributed by atoms with E-state index in [1.807, 2.05) is 30.9 Å². The first-order chi connectivity index (χ1) is 7.65. The average Bonchev–Trinajstić information content (AvgIpc) is 2.58. The molecule has 0 aliphatic heterocycles. The van der Waals surface area contributed by atoms with Crippen molar-refractivity contribution in [1.29, 1.82) is 0 Å². The predicted molar refractivity (Wildman–Crippen MR) is 68.5 cm³/mol. The van der Waals surface area contributed by atoms with Gasteiger partial charge in [-0.25, -0.2) is 0 Å². The summed E-state index contributed by atoms with van der Waals surface area (Å²) in [7, 11) is 4.07. The van der Waals surface area contributed by atoms with Crippen LogP contribution in [-0.4, -0.2) is 41.9 Å². The number of rotatable bonds is 6. The fourth-order valence-corrected chi connectivity index (χ4v) is 1.51. The number of likely N-dealkylation sites (N-methyl/N-ethyl adjacent to an activating group) is 1. The van der Waals surface area contributed by atoms with Crippen LogP contribution in [0.1, 0.15) is 12.1 Å². The molecule has 0 radical (unpaired) electrons. The summed E-state index contributed by atoms with van der Waals surface area (Å²) in [6.45, 7) is 2.43. The Kier molecular flexibility index (Phi) is 5.52. The van der Waals surface area contributed by atoms with Crippen LogP contribution in [-0.2, 0) is 6.54 Å². The molecular weight excluding hydrogens is 224 g/mol. The Bertz CT molecular complexity index is 344. The average molecular weight is 243 g/mol. The molecule has 0 atom stereocenters. The van der Waals surface area contributed by atoms with Crippen LogP contribution in [0.25, 0.3) is 6.08 Å². The van der Waals surface area contributed by atoms with E-state index in [-0.39, 0.29) is 0 Å². The topological polar surface area (TPSA) is 47.1 Å². The normalized spacial score (nSPS) is 11.8. The van der Waals surface area contributed by atoms with Gasteiger partial charge in [-0.1, -0.05) is 17.7 Å². The van der Waals surface area contributed by atoms with E-state index in [0.29, 0.717) is 11.6 Å². The first-order valence-corrected chi connectivity index (χ1v) is 5.75. The number of nitrogens with two attached hydrogens (primary N) is 1. The highest BCUT2D eigenvalue weighted by atomic mass is 35.5. The molecule has 1 aromatic heterocycles. The van der Waals surface area contributed by atoms with Crippen LogP contribution >= 0.6 is 11.6 Å². The molecule has 1 aromatic rings. The van der Waals surface area contributed by atoms with Crippen LogP contribution in [0.4, 0.5) is 0 Å². The van der Waals surface area contributed by atoms with Gasteiger partial charge in [0.15, 0.2) is 0 Å². The molecule has 0 spiro atoms. The third-order valence-corrected chi connectivity index (χ3v) is 2.49. The van der Waals surface area contributed by atoms with Gasteiger partial charge in [0.05, 0.1) is 23.5 Å². The van der Waals surface area contributed by atoms with Gasteiger partial charge >= 0.3 is 0 Å². The molecule has 0 saturated heterocycles. The van der Waals surface area contributed by atoms with E-state index in [4.69, 9.17) is 17.3 Å². The van der Waals surface area contributed by atoms with Crippen molar-refractivity contribution in [2.75, 3.05) is 27.2 Å². The van der Waals surface area contributed by atoms with Crippen LogP contribution in [0.2, 0.25) is 5.02 Å². The van der Waals surface area contributed by atoms with Crippen molar-refractivity contribution in [3.05, 3.63) is 23.0 Å². The Hall–Kier alpha value is -0.840. The van der Waals surface area contributed by atoms with E-state index >= 15 is 0 Å². The minimum absolute atomic E-state index is 0.653. The quantitative estimate of drug-likeness (QED) is 0.822. The molecule has 1 heterocycles. The molecule has 0 aromatic carbocycles. The maximum absolute atomic E-state index is 6.06. The van der Waals surface area contributed by atoms with Crippen LogP contribution in [0.5, 0.6) is 0 Å². The molecule has 0 bridgehead atoms. The SMILES string of the molecule is CN(C)CCn1ncc(Cl)c1/C=C/CCN. The van der Waals surface area contributed by atoms with E-state index in [0.717, 1.165) is 25.2 Å². The zero-order valence-corrected chi connectivity index (χ0v) is 10.6. The van der Waals surface area contributed by atoms with Gasteiger partial charge in [0.2, 0.25) is 0 Å². The summed E-state index contributed by atoms with van der Waals surface area (Å²) in [5.74, 6) is 0. The van der Waals surface area contributed by atoms with Crippen molar-refractivity contribution < 1.29 is 0 Å². The lowest BCUT2D eigenvalue weighted by Gasteiger charge is -2.10. The molecular formula is C11H19ClN4. The summed E-state index contributed by atoms with van der Waals surface area (Å²) in [6.07, 6.45) is 6.54. The van der Waals surface area contributed by atoms with Gasteiger partial charge in [-0.15, -0.1) is 0 Å². The maximum atomic E-state index is 6.06. The molecule has 0 fully saturated rings. The van der Waals surface area contributed by atoms with Crippen LogP contribution in [0.3, 0.4) is 0 Å². The fraction of sp³-hybridized carbons (Fsp3) is 0.545. The van der Waals surface area contributed by atoms with Crippen molar-refractivity contribution in [1.82, 2.24) is 14.7 Å². The lowest BCUT2D eigenvalue weighted by atomic mass is 10.3. The van der Waals surface area contributed by atoms with Crippen molar-refractivity contribution >= 4 is 17.7 Å². The van der Waals surface area contributed by atoms with Gasteiger partial charge < -0.3 is 10.6 Å². The second-order valence-corrected chi connectivity index (χ2v) is 4.29. The molecule has 0 saturated carbocycles. The molecule has 1 rings (SSSR count). The summed E-state index contributed by atoms with van der Waals surface area (Å²) >= 11 is 6.06. The predicted octanol–water partition coefficient (Wildman–Crippen LogP) is 1.46. The van der Waals surface area contributed by atoms with Gasteiger partial charge in [-0.3, -0.25) is 4.68 Å². The lowest BCUT2D eigenvalue weighted by molar-refractivity contribution is 0.372. The Morgan fingerprint density at radius 2 is 2.31 bits per heavy atom. The van der Waals surface area contributed by atoms with Crippen LogP contribution in [0, 0.1) is 0 Å². The molecule has 0 unspecified atom stereocenters. The van der Waals surface area contributed by atoms with Gasteiger partial charge in [-0.2, -0.15) is 5.10 Å². The maximum Gasteiger partial charge on any atom is 0.0859 e. The molecule has 0 aliphatic rings. The van der Waals surface area contributed by atoms with Crippen molar-refractivity contribution in [3.8, 4) is 0 Å². The highest BCUT2D eigenvalue weighted by molar-refractivity contribution is 6.31. The highest BCUT2D eigenvalue weighted by Gasteiger charge is 2.05. The number of nitrogens with zero attached hydrogens (tertiary/aromatic N) is 3. The summed E-state index contributed by atoms with van der Waals surface area (Å²) in [5.41, 5.74) is 6.38. The van der Waals surface area contributed by atoms with E-state index < -0.39 is 0 Å². The Balaban J connectivity index is 2.69. The molecule has 2 N–H and O–H groups in total. The Morgan fingerprint density at radius 1 is 1.56 bits per heavy atom. The molecule has 4 nitrogen and oxygen atoms in total. The summed E-state index contributed by atoms with van der Waals surface area (Å²) in [5, 5.41) is 4.93. The smallest absolute Gasteiger partial charge is 0.0859 e. The first-order valence-electron chi connectivity index (χ1n) is 5.37. The Labute approximate surface area is 102 Å². The summed E-state index contributed by atoms with van der Waals surface area (Å²) in [4.78, 5) is 2.11. The summed E-state index contributed by atoms with van der Waals surface area (Å²) < 4.78 is 1.91. The summed E-state index contributed by atoms with van der Waals surface area (Å²) in [6, 6.07) is 0. The van der Waals surface area contributed by atoms with E-state index in [1.165, 1.54) is 0 Å². The van der Waals surface area contributed by atoms with Crippen molar-refractivity contribution in [3.63, 3.8) is 0 Å². The lowest BCUT2D eigenvalue weighted by Crippen LogP contribution is -2.19. The number of hydrogen-bond donors (Lipinski definition) is 1. The third-order valence-electron chi connectivity index (χ3n) is 2.20. The van der Waals surface area contributed by atoms with Crippen molar-refractivity contribution in [2.24, 2.45) is 5.73 Å². The minimum Gasteiger partial charge on any atom is -0.330 e. The second-order valence-electron chi connectivity index (χ2n) is 3.88. The van der Waals surface area contributed by atoms with Gasteiger partial charge in [-0.05, 0) is 33.1 Å². The zero-order valence-electron chi connectivity index (χ0n) is 9.86. The minimum atomic E-state index is 0.653. The molecule has 90 valence electrons. The molecule has 16 heavy (non-hydrogen) atoms. The van der Waals surface area contributed by atoms with E-state index in [2.05, 4.69) is 10.00 Å². The van der Waals surface area contributed by atoms with E-state index in [1.54, 1.807) is 6.20 Å². The number of aromatic nitrogens is 2.